The summed E-state index contributed by atoms with van der Waals surface area (Å²) in [6.45, 7) is 10.2. The van der Waals surface area contributed by atoms with Gasteiger partial charge in [-0.1, -0.05) is 44.5 Å². The molecule has 1 fully saturated rings. The number of pyridine rings is 1. The van der Waals surface area contributed by atoms with E-state index in [4.69, 9.17) is 11.6 Å². The quantitative estimate of drug-likeness (QED) is 0.564. The molecule has 0 unspecified atom stereocenters. The molecule has 3 amide bonds. The minimum absolute atomic E-state index is 0.00345. The lowest BCUT2D eigenvalue weighted by atomic mass is 9.87. The van der Waals surface area contributed by atoms with Crippen LogP contribution in [-0.4, -0.2) is 27.4 Å². The van der Waals surface area contributed by atoms with Gasteiger partial charge in [0.25, 0.3) is 5.91 Å². The zero-order chi connectivity index (χ0) is 20.0. The summed E-state index contributed by atoms with van der Waals surface area (Å²) < 4.78 is 0. The van der Waals surface area contributed by atoms with E-state index >= 15 is 0 Å². The van der Waals surface area contributed by atoms with Crippen molar-refractivity contribution in [3.63, 3.8) is 0 Å². The Morgan fingerprint density at radius 2 is 1.70 bits per heavy atom. The molecular formula is C21H24ClN3O2. The number of hydrogen-bond donors (Lipinski definition) is 0. The summed E-state index contributed by atoms with van der Waals surface area (Å²) in [6, 6.07) is 10.8. The summed E-state index contributed by atoms with van der Waals surface area (Å²) in [7, 11) is 0. The summed E-state index contributed by atoms with van der Waals surface area (Å²) in [5, 5.41) is 0.359. The second kappa shape index (κ2) is 6.64. The van der Waals surface area contributed by atoms with E-state index in [1.54, 1.807) is 37.1 Å². The Balaban J connectivity index is 1.92. The molecule has 0 atom stereocenters. The van der Waals surface area contributed by atoms with Crippen LogP contribution in [0.4, 0.5) is 10.5 Å². The molecule has 0 spiro atoms. The monoisotopic (exact) mass is 385 g/mol. The van der Waals surface area contributed by atoms with Crippen LogP contribution >= 0.6 is 11.6 Å². The predicted molar refractivity (Wildman–Crippen MR) is 107 cm³/mol. The average molecular weight is 386 g/mol. The molecule has 0 N–H and O–H groups in total. The van der Waals surface area contributed by atoms with Gasteiger partial charge in [0.15, 0.2) is 0 Å². The Morgan fingerprint density at radius 1 is 1.07 bits per heavy atom. The molecule has 0 saturated carbocycles. The Bertz CT molecular complexity index is 885. The molecule has 0 aliphatic carbocycles. The van der Waals surface area contributed by atoms with Crippen LogP contribution in [-0.2, 0) is 16.8 Å². The molecule has 27 heavy (non-hydrogen) atoms. The first kappa shape index (κ1) is 19.4. The number of urea groups is 1. The molecule has 6 heteroatoms. The molecule has 142 valence electrons. The smallest absolute Gasteiger partial charge is 0.305 e. The van der Waals surface area contributed by atoms with Crippen molar-refractivity contribution in [2.24, 2.45) is 0 Å². The van der Waals surface area contributed by atoms with Crippen molar-refractivity contribution in [1.82, 2.24) is 9.88 Å². The number of nitrogens with zero attached hydrogens (tertiary/aromatic N) is 3. The van der Waals surface area contributed by atoms with Gasteiger partial charge in [-0.3, -0.25) is 4.79 Å². The van der Waals surface area contributed by atoms with Crippen LogP contribution in [0.25, 0.3) is 0 Å². The molecular weight excluding hydrogens is 362 g/mol. The van der Waals surface area contributed by atoms with Crippen molar-refractivity contribution >= 4 is 29.2 Å². The first-order chi connectivity index (χ1) is 12.5. The molecule has 1 saturated heterocycles. The van der Waals surface area contributed by atoms with E-state index in [1.165, 1.54) is 4.90 Å². The van der Waals surface area contributed by atoms with Crippen LogP contribution in [0.2, 0.25) is 5.15 Å². The second-order valence-electron chi connectivity index (χ2n) is 8.35. The molecule has 1 aromatic heterocycles. The van der Waals surface area contributed by atoms with Crippen molar-refractivity contribution in [3.8, 4) is 0 Å². The van der Waals surface area contributed by atoms with E-state index < -0.39 is 5.54 Å². The number of carbonyl (C=O) groups excluding carboxylic acids is 2. The maximum Gasteiger partial charge on any atom is 0.332 e. The van der Waals surface area contributed by atoms with Crippen molar-refractivity contribution in [1.29, 1.82) is 0 Å². The van der Waals surface area contributed by atoms with Crippen LogP contribution in [0.3, 0.4) is 0 Å². The summed E-state index contributed by atoms with van der Waals surface area (Å²) in [5.74, 6) is -0.240. The Labute approximate surface area is 164 Å². The van der Waals surface area contributed by atoms with Crippen LogP contribution < -0.4 is 4.90 Å². The molecule has 2 heterocycles. The van der Waals surface area contributed by atoms with Gasteiger partial charge in [0.2, 0.25) is 0 Å². The largest absolute Gasteiger partial charge is 0.332 e. The van der Waals surface area contributed by atoms with Gasteiger partial charge in [0.1, 0.15) is 10.7 Å². The highest BCUT2D eigenvalue weighted by atomic mass is 35.5. The van der Waals surface area contributed by atoms with Gasteiger partial charge in [0, 0.05) is 12.7 Å². The highest BCUT2D eigenvalue weighted by Crippen LogP contribution is 2.34. The number of aromatic nitrogens is 1. The Hall–Kier alpha value is -2.40. The molecule has 0 radical (unpaired) electrons. The minimum Gasteiger partial charge on any atom is -0.305 e. The average Bonchev–Trinajstić information content (AvgIpc) is 2.74. The molecule has 3 rings (SSSR count). The number of hydrogen-bond acceptors (Lipinski definition) is 3. The molecule has 5 nitrogen and oxygen atoms in total. The van der Waals surface area contributed by atoms with E-state index in [0.717, 1.165) is 11.1 Å². The van der Waals surface area contributed by atoms with Crippen LogP contribution in [0.1, 0.15) is 45.7 Å². The van der Waals surface area contributed by atoms with Gasteiger partial charge < -0.3 is 4.90 Å². The van der Waals surface area contributed by atoms with Crippen molar-refractivity contribution in [3.05, 3.63) is 58.9 Å². The normalized spacial score (nSPS) is 17.0. The van der Waals surface area contributed by atoms with Crippen molar-refractivity contribution in [2.75, 3.05) is 4.90 Å². The maximum atomic E-state index is 13.1. The number of rotatable bonds is 3. The van der Waals surface area contributed by atoms with Crippen molar-refractivity contribution < 1.29 is 9.59 Å². The number of halogens is 1. The van der Waals surface area contributed by atoms with Gasteiger partial charge in [-0.05, 0) is 54.7 Å². The lowest BCUT2D eigenvalue weighted by molar-refractivity contribution is -0.123. The lowest BCUT2D eigenvalue weighted by Crippen LogP contribution is -2.43. The second-order valence-corrected chi connectivity index (χ2v) is 8.74. The van der Waals surface area contributed by atoms with E-state index in [1.807, 2.05) is 24.3 Å². The Kier molecular flexibility index (Phi) is 4.76. The van der Waals surface area contributed by atoms with Crippen LogP contribution in [0.5, 0.6) is 0 Å². The van der Waals surface area contributed by atoms with Gasteiger partial charge in [0.05, 0.1) is 5.69 Å². The minimum atomic E-state index is -0.949. The topological polar surface area (TPSA) is 53.5 Å². The summed E-state index contributed by atoms with van der Waals surface area (Å²) in [5.41, 5.74) is 1.61. The third kappa shape index (κ3) is 3.56. The zero-order valence-corrected chi connectivity index (χ0v) is 17.0. The maximum absolute atomic E-state index is 13.1. The summed E-state index contributed by atoms with van der Waals surface area (Å²) >= 11 is 5.95. The number of amides is 3. The lowest BCUT2D eigenvalue weighted by Gasteiger charge is -2.27. The third-order valence-electron chi connectivity index (χ3n) is 4.95. The SMILES string of the molecule is CC(C)(C)c1ccc(N2C(=O)N(Cc3ccnc(Cl)c3)C(C)(C)C2=O)cc1. The van der Waals surface area contributed by atoms with Crippen LogP contribution in [0, 0.1) is 0 Å². The number of carbonyl (C=O) groups is 2. The molecule has 1 aliphatic rings. The summed E-state index contributed by atoms with van der Waals surface area (Å²) in [6.07, 6.45) is 1.59. The number of benzene rings is 1. The third-order valence-corrected chi connectivity index (χ3v) is 5.15. The summed E-state index contributed by atoms with van der Waals surface area (Å²) in [4.78, 5) is 32.9. The van der Waals surface area contributed by atoms with E-state index in [0.29, 0.717) is 10.8 Å². The first-order valence-electron chi connectivity index (χ1n) is 8.89. The zero-order valence-electron chi connectivity index (χ0n) is 16.3. The van der Waals surface area contributed by atoms with Crippen molar-refractivity contribution in [2.45, 2.75) is 52.1 Å². The fourth-order valence-electron chi connectivity index (χ4n) is 3.16. The molecule has 0 bridgehead atoms. The molecule has 2 aromatic rings. The predicted octanol–water partition coefficient (Wildman–Crippen LogP) is 4.78. The van der Waals surface area contributed by atoms with Crippen LogP contribution in [0.15, 0.2) is 42.6 Å². The van der Waals surface area contributed by atoms with E-state index in [-0.39, 0.29) is 23.9 Å². The molecule has 1 aliphatic heterocycles. The fraction of sp³-hybridized carbons (Fsp3) is 0.381. The fourth-order valence-corrected chi connectivity index (χ4v) is 3.36. The number of imide groups is 1. The first-order valence-corrected chi connectivity index (χ1v) is 9.27. The van der Waals surface area contributed by atoms with E-state index in [2.05, 4.69) is 25.8 Å². The van der Waals surface area contributed by atoms with Gasteiger partial charge >= 0.3 is 6.03 Å². The van der Waals surface area contributed by atoms with Gasteiger partial charge in [-0.25, -0.2) is 14.7 Å². The van der Waals surface area contributed by atoms with E-state index in [9.17, 15) is 9.59 Å². The Morgan fingerprint density at radius 3 is 2.26 bits per heavy atom. The standard InChI is InChI=1S/C21H24ClN3O2/c1-20(2,3)15-6-8-16(9-7-15)25-18(26)21(4,5)24(19(25)27)13-14-10-11-23-17(22)12-14/h6-12H,13H2,1-5H3. The number of anilines is 1. The highest BCUT2D eigenvalue weighted by molar-refractivity contribution is 6.29. The molecule has 1 aromatic carbocycles. The van der Waals surface area contributed by atoms with Gasteiger partial charge in [-0.15, -0.1) is 0 Å². The van der Waals surface area contributed by atoms with Gasteiger partial charge in [-0.2, -0.15) is 0 Å². The highest BCUT2D eigenvalue weighted by Gasteiger charge is 2.51.